The van der Waals surface area contributed by atoms with Crippen molar-refractivity contribution in [1.29, 1.82) is 0 Å². The largest absolute Gasteiger partial charge is 0.493 e. The highest BCUT2D eigenvalue weighted by Gasteiger charge is 2.19. The average Bonchev–Trinajstić information content (AvgIpc) is 3.53. The number of ether oxygens (including phenoxy) is 3. The van der Waals surface area contributed by atoms with E-state index in [0.29, 0.717) is 40.1 Å². The summed E-state index contributed by atoms with van der Waals surface area (Å²) >= 11 is 0. The molecule has 3 aromatic carbocycles. The molecule has 0 atom stereocenters. The number of nitrogens with one attached hydrogen (secondary N) is 2. The lowest BCUT2D eigenvalue weighted by molar-refractivity contribution is 0.0950. The fourth-order valence-electron chi connectivity index (χ4n) is 4.90. The van der Waals surface area contributed by atoms with E-state index in [2.05, 4.69) is 20.6 Å². The molecule has 0 radical (unpaired) electrons. The zero-order valence-corrected chi connectivity index (χ0v) is 23.8. The molecule has 11 heteroatoms. The molecule has 216 valence electrons. The van der Waals surface area contributed by atoms with E-state index in [1.807, 2.05) is 36.4 Å². The zero-order chi connectivity index (χ0) is 30.1. The van der Waals surface area contributed by atoms with E-state index in [9.17, 15) is 9.18 Å². The molecule has 0 fully saturated rings. The number of benzene rings is 3. The maximum atomic E-state index is 13.4. The summed E-state index contributed by atoms with van der Waals surface area (Å²) in [6, 6.07) is 20.7. The first-order valence-electron chi connectivity index (χ1n) is 13.3. The number of nitrogens with zero attached hydrogens (tertiary/aromatic N) is 4. The number of hydrogen-bond donors (Lipinski definition) is 2. The van der Waals surface area contributed by atoms with Gasteiger partial charge in [0.1, 0.15) is 17.3 Å². The van der Waals surface area contributed by atoms with Crippen LogP contribution in [0.4, 0.5) is 4.39 Å². The van der Waals surface area contributed by atoms with Crippen LogP contribution in [0.1, 0.15) is 21.7 Å². The zero-order valence-electron chi connectivity index (χ0n) is 23.8. The summed E-state index contributed by atoms with van der Waals surface area (Å²) in [5, 5.41) is 10.4. The van der Waals surface area contributed by atoms with Crippen LogP contribution in [0, 0.1) is 12.7 Å². The van der Waals surface area contributed by atoms with Crippen LogP contribution >= 0.6 is 0 Å². The molecule has 2 N–H and O–H groups in total. The van der Waals surface area contributed by atoms with Gasteiger partial charge >= 0.3 is 0 Å². The van der Waals surface area contributed by atoms with Crippen molar-refractivity contribution < 1.29 is 23.4 Å². The number of methoxy groups -OCH3 is 2. The summed E-state index contributed by atoms with van der Waals surface area (Å²) in [6.45, 7) is 1.79. The summed E-state index contributed by atoms with van der Waals surface area (Å²) in [7, 11) is 4.86. The maximum Gasteiger partial charge on any atom is 0.289 e. The highest BCUT2D eigenvalue weighted by Crippen LogP contribution is 2.37. The van der Waals surface area contributed by atoms with Gasteiger partial charge in [-0.2, -0.15) is 10.2 Å². The number of aryl methyl sites for hydroxylation is 2. The SMILES string of the molecule is COc1ccc(-c2nc(C(=O)N/N=C/c3c(C)nn(C)c3Oc3ccc(F)cc3)cc3c2[nH]c2ccccc23)cc1OC. The number of H-pyrrole nitrogens is 1. The third-order valence-corrected chi connectivity index (χ3v) is 6.99. The molecule has 6 aromatic rings. The van der Waals surface area contributed by atoms with Crippen LogP contribution in [0.2, 0.25) is 0 Å². The normalized spacial score (nSPS) is 11.4. The average molecular weight is 579 g/mol. The number of carbonyl (C=O) groups excluding carboxylic acids is 1. The van der Waals surface area contributed by atoms with Gasteiger partial charge in [0.15, 0.2) is 11.5 Å². The quantitative estimate of drug-likeness (QED) is 0.166. The van der Waals surface area contributed by atoms with Crippen molar-refractivity contribution in [2.45, 2.75) is 6.92 Å². The predicted molar refractivity (Wildman–Crippen MR) is 162 cm³/mol. The van der Waals surface area contributed by atoms with Gasteiger partial charge < -0.3 is 19.2 Å². The number of hydrogen-bond acceptors (Lipinski definition) is 7. The lowest BCUT2D eigenvalue weighted by atomic mass is 10.1. The smallest absolute Gasteiger partial charge is 0.289 e. The molecule has 3 heterocycles. The third-order valence-electron chi connectivity index (χ3n) is 6.99. The summed E-state index contributed by atoms with van der Waals surface area (Å²) in [5.74, 6) is 1.06. The topological polar surface area (TPSA) is 116 Å². The molecule has 0 saturated carbocycles. The standard InChI is InChI=1S/C32H27FN6O4/c1-18-24(32(39(2)38-18)43-21-12-10-20(33)11-13-21)17-34-37-31(40)26-16-23-22-7-5-6-8-25(22)35-30(23)29(36-26)19-9-14-27(41-3)28(15-19)42-4/h5-17,35H,1-4H3,(H,37,40)/b34-17+. The van der Waals surface area contributed by atoms with Crippen molar-refractivity contribution in [3.63, 3.8) is 0 Å². The molecule has 0 aliphatic carbocycles. The van der Waals surface area contributed by atoms with Gasteiger partial charge in [-0.25, -0.2) is 19.5 Å². The van der Waals surface area contributed by atoms with Crippen molar-refractivity contribution in [3.8, 4) is 34.4 Å². The van der Waals surface area contributed by atoms with Crippen molar-refractivity contribution >= 4 is 33.9 Å². The van der Waals surface area contributed by atoms with Crippen molar-refractivity contribution in [2.75, 3.05) is 14.2 Å². The summed E-state index contributed by atoms with van der Waals surface area (Å²) in [6.07, 6.45) is 1.46. The number of fused-ring (bicyclic) bond motifs is 3. The Bertz CT molecular complexity index is 2010. The molecule has 43 heavy (non-hydrogen) atoms. The molecule has 0 unspecified atom stereocenters. The molecule has 0 bridgehead atoms. The van der Waals surface area contributed by atoms with Crippen LogP contribution in [0.5, 0.6) is 23.1 Å². The Kier molecular flexibility index (Phi) is 7.21. The first-order valence-corrected chi connectivity index (χ1v) is 13.3. The van der Waals surface area contributed by atoms with Gasteiger partial charge in [0.05, 0.1) is 42.9 Å². The second kappa shape index (κ2) is 11.3. The Morgan fingerprint density at radius 3 is 2.53 bits per heavy atom. The third kappa shape index (κ3) is 5.23. The van der Waals surface area contributed by atoms with Crippen LogP contribution in [0.15, 0.2) is 77.9 Å². The highest BCUT2D eigenvalue weighted by atomic mass is 19.1. The summed E-state index contributed by atoms with van der Waals surface area (Å²) in [5.41, 5.74) is 6.94. The highest BCUT2D eigenvalue weighted by molar-refractivity contribution is 6.13. The van der Waals surface area contributed by atoms with E-state index in [4.69, 9.17) is 19.2 Å². The van der Waals surface area contributed by atoms with Gasteiger partial charge in [-0.1, -0.05) is 18.2 Å². The number of amides is 1. The minimum Gasteiger partial charge on any atom is -0.493 e. The van der Waals surface area contributed by atoms with Gasteiger partial charge in [-0.05, 0) is 61.5 Å². The monoisotopic (exact) mass is 578 g/mol. The predicted octanol–water partition coefficient (Wildman–Crippen LogP) is 6.14. The van der Waals surface area contributed by atoms with Gasteiger partial charge in [-0.3, -0.25) is 4.79 Å². The van der Waals surface area contributed by atoms with E-state index in [1.165, 1.54) is 30.5 Å². The van der Waals surface area contributed by atoms with Crippen LogP contribution < -0.4 is 19.6 Å². The molecule has 0 aliphatic heterocycles. The Balaban J connectivity index is 1.35. The molecule has 0 saturated heterocycles. The number of halogens is 1. The molecular weight excluding hydrogens is 551 g/mol. The first-order chi connectivity index (χ1) is 20.9. The number of aromatic nitrogens is 4. The lowest BCUT2D eigenvalue weighted by Gasteiger charge is -2.11. The minimum absolute atomic E-state index is 0.171. The van der Waals surface area contributed by atoms with Gasteiger partial charge in [0.2, 0.25) is 5.88 Å². The van der Waals surface area contributed by atoms with Crippen LogP contribution in [-0.2, 0) is 7.05 Å². The van der Waals surface area contributed by atoms with Crippen molar-refractivity contribution in [2.24, 2.45) is 12.1 Å². The Morgan fingerprint density at radius 1 is 1.00 bits per heavy atom. The Labute approximate surface area is 245 Å². The van der Waals surface area contributed by atoms with E-state index < -0.39 is 5.91 Å². The number of aromatic amines is 1. The molecule has 10 nitrogen and oxygen atoms in total. The number of rotatable bonds is 8. The van der Waals surface area contributed by atoms with E-state index in [0.717, 1.165) is 27.4 Å². The maximum absolute atomic E-state index is 13.4. The molecule has 1 amide bonds. The number of carbonyl (C=O) groups is 1. The number of para-hydroxylation sites is 1. The molecule has 6 rings (SSSR count). The Morgan fingerprint density at radius 2 is 1.77 bits per heavy atom. The molecular formula is C32H27FN6O4. The second-order valence-corrected chi connectivity index (χ2v) is 9.70. The van der Waals surface area contributed by atoms with Gasteiger partial charge in [0, 0.05) is 28.9 Å². The van der Waals surface area contributed by atoms with Gasteiger partial charge in [-0.15, -0.1) is 0 Å². The van der Waals surface area contributed by atoms with Crippen LogP contribution in [0.3, 0.4) is 0 Å². The minimum atomic E-state index is -0.507. The van der Waals surface area contributed by atoms with E-state index >= 15 is 0 Å². The van der Waals surface area contributed by atoms with Crippen molar-refractivity contribution in [1.82, 2.24) is 25.2 Å². The summed E-state index contributed by atoms with van der Waals surface area (Å²) < 4.78 is 31.7. The van der Waals surface area contributed by atoms with E-state index in [-0.39, 0.29) is 11.5 Å². The fraction of sp³-hybridized carbons (Fsp3) is 0.125. The number of hydrazone groups is 1. The second-order valence-electron chi connectivity index (χ2n) is 9.70. The fourth-order valence-corrected chi connectivity index (χ4v) is 4.90. The Hall–Kier alpha value is -5.71. The van der Waals surface area contributed by atoms with E-state index in [1.54, 1.807) is 45.0 Å². The van der Waals surface area contributed by atoms with Crippen LogP contribution in [0.25, 0.3) is 33.1 Å². The molecule has 0 spiro atoms. The number of pyridine rings is 1. The lowest BCUT2D eigenvalue weighted by Crippen LogP contribution is -2.19. The first kappa shape index (κ1) is 27.5. The molecule has 3 aromatic heterocycles. The summed E-state index contributed by atoms with van der Waals surface area (Å²) in [4.78, 5) is 21.6. The van der Waals surface area contributed by atoms with Crippen molar-refractivity contribution in [3.05, 3.63) is 95.6 Å². The van der Waals surface area contributed by atoms with Crippen LogP contribution in [-0.4, -0.2) is 46.1 Å². The molecule has 0 aliphatic rings. The van der Waals surface area contributed by atoms with Gasteiger partial charge in [0.25, 0.3) is 5.91 Å².